The van der Waals surface area contributed by atoms with Gasteiger partial charge in [-0.2, -0.15) is 0 Å². The molecule has 0 radical (unpaired) electrons. The highest BCUT2D eigenvalue weighted by Gasteiger charge is 2.08. The summed E-state index contributed by atoms with van der Waals surface area (Å²) >= 11 is 7.02. The molecule has 0 bridgehead atoms. The molecule has 5 heteroatoms. The quantitative estimate of drug-likeness (QED) is 0.780. The Morgan fingerprint density at radius 2 is 2.06 bits per heavy atom. The maximum atomic E-state index is 5.65. The minimum atomic E-state index is 0.501. The van der Waals surface area contributed by atoms with Gasteiger partial charge in [-0.25, -0.2) is 0 Å². The van der Waals surface area contributed by atoms with Gasteiger partial charge in [-0.3, -0.25) is 0 Å². The molecule has 0 saturated heterocycles. The summed E-state index contributed by atoms with van der Waals surface area (Å²) in [4.78, 5) is 0. The fraction of sp³-hybridized carbons (Fsp3) is 0.0909. The Hall–Kier alpha value is -1.26. The first-order valence-electron chi connectivity index (χ1n) is 4.61. The topological polar surface area (TPSA) is 38.9 Å². The zero-order valence-electron chi connectivity index (χ0n) is 8.39. The molecule has 82 valence electrons. The lowest BCUT2D eigenvalue weighted by Crippen LogP contribution is -1.76. The molecule has 1 heterocycles. The predicted molar refractivity (Wildman–Crippen MR) is 65.5 cm³/mol. The second-order valence-corrected chi connectivity index (χ2v) is 4.51. The third-order valence-corrected chi connectivity index (χ3v) is 2.98. The second-order valence-electron chi connectivity index (χ2n) is 3.05. The monoisotopic (exact) mass is 252 g/mol. The number of hydrogen-bond acceptors (Lipinski definition) is 4. The highest BCUT2D eigenvalue weighted by molar-refractivity contribution is 7.99. The summed E-state index contributed by atoms with van der Waals surface area (Å²) in [7, 11) is 0. The molecule has 0 aliphatic rings. The number of rotatable bonds is 4. The van der Waals surface area contributed by atoms with E-state index in [0.717, 1.165) is 5.56 Å². The van der Waals surface area contributed by atoms with Crippen LogP contribution in [0.1, 0.15) is 0 Å². The van der Waals surface area contributed by atoms with Gasteiger partial charge in [0.15, 0.2) is 0 Å². The molecule has 3 nitrogen and oxygen atoms in total. The zero-order chi connectivity index (χ0) is 11.4. The Morgan fingerprint density at radius 1 is 1.31 bits per heavy atom. The van der Waals surface area contributed by atoms with E-state index < -0.39 is 0 Å². The number of benzene rings is 1. The minimum Gasteiger partial charge on any atom is -0.411 e. The van der Waals surface area contributed by atoms with Gasteiger partial charge in [0.05, 0.1) is 0 Å². The molecule has 0 unspecified atom stereocenters. The standard InChI is InChI=1S/C11H9ClN2OS/c1-8(12)7-16-11-14-13-10(15-11)9-5-3-2-4-6-9/h2-6H,1,7H2. The predicted octanol–water partition coefficient (Wildman–Crippen LogP) is 3.58. The van der Waals surface area contributed by atoms with Crippen LogP contribution in [-0.4, -0.2) is 16.0 Å². The van der Waals surface area contributed by atoms with Crippen LogP contribution in [0.4, 0.5) is 0 Å². The van der Waals surface area contributed by atoms with Crippen LogP contribution in [0, 0.1) is 0 Å². The van der Waals surface area contributed by atoms with Crippen LogP contribution in [0.2, 0.25) is 0 Å². The molecular formula is C11H9ClN2OS. The normalized spacial score (nSPS) is 10.3. The average Bonchev–Trinajstić information content (AvgIpc) is 2.76. The molecule has 0 atom stereocenters. The van der Waals surface area contributed by atoms with Gasteiger partial charge < -0.3 is 4.42 Å². The van der Waals surface area contributed by atoms with Gasteiger partial charge in [0, 0.05) is 16.3 Å². The van der Waals surface area contributed by atoms with Gasteiger partial charge in [0.1, 0.15) is 0 Å². The molecule has 0 spiro atoms. The van der Waals surface area contributed by atoms with Gasteiger partial charge in [0.2, 0.25) is 5.89 Å². The van der Waals surface area contributed by atoms with E-state index in [-0.39, 0.29) is 0 Å². The van der Waals surface area contributed by atoms with Crippen LogP contribution < -0.4 is 0 Å². The molecule has 2 rings (SSSR count). The number of halogens is 1. The lowest BCUT2D eigenvalue weighted by molar-refractivity contribution is 0.466. The molecule has 0 N–H and O–H groups in total. The van der Waals surface area contributed by atoms with E-state index in [1.54, 1.807) is 0 Å². The van der Waals surface area contributed by atoms with Crippen LogP contribution >= 0.6 is 23.4 Å². The van der Waals surface area contributed by atoms with Gasteiger partial charge in [-0.1, -0.05) is 48.1 Å². The molecule has 0 aliphatic carbocycles. The zero-order valence-corrected chi connectivity index (χ0v) is 9.96. The molecule has 16 heavy (non-hydrogen) atoms. The Bertz CT molecular complexity index is 484. The molecule has 2 aromatic rings. The maximum absolute atomic E-state index is 5.65. The van der Waals surface area contributed by atoms with Crippen LogP contribution in [-0.2, 0) is 0 Å². The molecule has 1 aromatic heterocycles. The smallest absolute Gasteiger partial charge is 0.277 e. The van der Waals surface area contributed by atoms with Crippen molar-refractivity contribution in [2.45, 2.75) is 5.22 Å². The lowest BCUT2D eigenvalue weighted by Gasteiger charge is -1.93. The van der Waals surface area contributed by atoms with E-state index in [0.29, 0.717) is 21.9 Å². The summed E-state index contributed by atoms with van der Waals surface area (Å²) in [6, 6.07) is 9.62. The summed E-state index contributed by atoms with van der Waals surface area (Å²) in [6.07, 6.45) is 0. The SMILES string of the molecule is C=C(Cl)CSc1nnc(-c2ccccc2)o1. The first-order valence-corrected chi connectivity index (χ1v) is 5.97. The number of hydrogen-bond donors (Lipinski definition) is 0. The second kappa shape index (κ2) is 5.18. The minimum absolute atomic E-state index is 0.501. The van der Waals surface area contributed by atoms with Crippen molar-refractivity contribution < 1.29 is 4.42 Å². The van der Waals surface area contributed by atoms with Crippen molar-refractivity contribution in [1.82, 2.24) is 10.2 Å². The summed E-state index contributed by atoms with van der Waals surface area (Å²) < 4.78 is 5.46. The van der Waals surface area contributed by atoms with Crippen LogP contribution in [0.5, 0.6) is 0 Å². The third-order valence-electron chi connectivity index (χ3n) is 1.78. The summed E-state index contributed by atoms with van der Waals surface area (Å²) in [5, 5.41) is 8.93. The van der Waals surface area contributed by atoms with Crippen LogP contribution in [0.15, 0.2) is 51.6 Å². The van der Waals surface area contributed by atoms with E-state index in [2.05, 4.69) is 16.8 Å². The van der Waals surface area contributed by atoms with Crippen molar-refractivity contribution in [3.8, 4) is 11.5 Å². The van der Waals surface area contributed by atoms with E-state index in [9.17, 15) is 0 Å². The van der Waals surface area contributed by atoms with E-state index in [1.807, 2.05) is 30.3 Å². The van der Waals surface area contributed by atoms with Gasteiger partial charge in [-0.15, -0.1) is 10.2 Å². The van der Waals surface area contributed by atoms with Crippen LogP contribution in [0.3, 0.4) is 0 Å². The van der Waals surface area contributed by atoms with E-state index >= 15 is 0 Å². The van der Waals surface area contributed by atoms with Gasteiger partial charge in [-0.05, 0) is 12.1 Å². The molecule has 0 amide bonds. The molecular weight excluding hydrogens is 244 g/mol. The largest absolute Gasteiger partial charge is 0.411 e. The number of thioether (sulfide) groups is 1. The summed E-state index contributed by atoms with van der Waals surface area (Å²) in [5.41, 5.74) is 0.909. The number of nitrogens with zero attached hydrogens (tertiary/aromatic N) is 2. The number of aromatic nitrogens is 2. The first-order chi connectivity index (χ1) is 7.75. The van der Waals surface area contributed by atoms with Crippen molar-refractivity contribution in [1.29, 1.82) is 0 Å². The molecule has 1 aromatic carbocycles. The Balaban J connectivity index is 2.11. The van der Waals surface area contributed by atoms with Crippen LogP contribution in [0.25, 0.3) is 11.5 Å². The van der Waals surface area contributed by atoms with Crippen molar-refractivity contribution >= 4 is 23.4 Å². The molecule has 0 aliphatic heterocycles. The van der Waals surface area contributed by atoms with E-state index in [1.165, 1.54) is 11.8 Å². The maximum Gasteiger partial charge on any atom is 0.277 e. The van der Waals surface area contributed by atoms with Crippen molar-refractivity contribution in [2.24, 2.45) is 0 Å². The van der Waals surface area contributed by atoms with Gasteiger partial charge >= 0.3 is 0 Å². The third kappa shape index (κ3) is 2.87. The molecule has 0 fully saturated rings. The fourth-order valence-electron chi connectivity index (χ4n) is 1.11. The van der Waals surface area contributed by atoms with Crippen molar-refractivity contribution in [3.05, 3.63) is 41.9 Å². The lowest BCUT2D eigenvalue weighted by atomic mass is 10.2. The Morgan fingerprint density at radius 3 is 2.75 bits per heavy atom. The highest BCUT2D eigenvalue weighted by Crippen LogP contribution is 2.24. The highest BCUT2D eigenvalue weighted by atomic mass is 35.5. The summed E-state index contributed by atoms with van der Waals surface area (Å²) in [6.45, 7) is 3.59. The van der Waals surface area contributed by atoms with E-state index in [4.69, 9.17) is 16.0 Å². The molecule has 0 saturated carbocycles. The van der Waals surface area contributed by atoms with Crippen molar-refractivity contribution in [3.63, 3.8) is 0 Å². The van der Waals surface area contributed by atoms with Gasteiger partial charge in [0.25, 0.3) is 5.22 Å². The van der Waals surface area contributed by atoms with Crippen molar-refractivity contribution in [2.75, 3.05) is 5.75 Å². The average molecular weight is 253 g/mol. The fourth-order valence-corrected chi connectivity index (χ4v) is 1.79. The Kier molecular flexibility index (Phi) is 3.64. The summed E-state index contributed by atoms with van der Waals surface area (Å²) in [5.74, 6) is 1.08. The Labute approximate surface area is 103 Å². The first kappa shape index (κ1) is 11.2.